The Balaban J connectivity index is 1.90. The van der Waals surface area contributed by atoms with Crippen molar-refractivity contribution < 1.29 is 13.2 Å². The molecule has 3 rings (SSSR count). The van der Waals surface area contributed by atoms with Gasteiger partial charge in [-0.25, -0.2) is 8.42 Å². The molecule has 5 nitrogen and oxygen atoms in total. The number of benzene rings is 3. The first kappa shape index (κ1) is 20.6. The standard InChI is InChI=1S/C23H24N2O3S/c1-17-13-15-20(16-14-17)29(27,28)25(3)22-12-8-7-11-21(22)23(26)24-18(2)19-9-5-4-6-10-19/h4-16,18H,1-3H3,(H,24,26)/t18-/m1/s1. The Morgan fingerprint density at radius 1 is 0.897 bits per heavy atom. The van der Waals surface area contributed by atoms with Crippen molar-refractivity contribution in [2.24, 2.45) is 0 Å². The molecule has 6 heteroatoms. The molecule has 0 aliphatic carbocycles. The molecule has 1 N–H and O–H groups in total. The fourth-order valence-electron chi connectivity index (χ4n) is 3.04. The molecule has 0 spiro atoms. The molecule has 29 heavy (non-hydrogen) atoms. The van der Waals surface area contributed by atoms with E-state index < -0.39 is 10.0 Å². The minimum absolute atomic E-state index is 0.179. The van der Waals surface area contributed by atoms with Gasteiger partial charge in [-0.05, 0) is 43.7 Å². The second-order valence-electron chi connectivity index (χ2n) is 6.91. The number of carbonyl (C=O) groups is 1. The van der Waals surface area contributed by atoms with Crippen LogP contribution in [-0.4, -0.2) is 21.4 Å². The number of hydrogen-bond donors (Lipinski definition) is 1. The average molecular weight is 409 g/mol. The summed E-state index contributed by atoms with van der Waals surface area (Å²) in [4.78, 5) is 13.1. The number of carbonyl (C=O) groups excluding carboxylic acids is 1. The molecule has 3 aromatic rings. The molecule has 0 unspecified atom stereocenters. The van der Waals surface area contributed by atoms with Gasteiger partial charge in [-0.15, -0.1) is 0 Å². The third-order valence-corrected chi connectivity index (χ3v) is 6.60. The minimum atomic E-state index is -3.79. The first-order valence-electron chi connectivity index (χ1n) is 9.31. The van der Waals surface area contributed by atoms with Gasteiger partial charge in [0.2, 0.25) is 0 Å². The Morgan fingerprint density at radius 2 is 1.48 bits per heavy atom. The lowest BCUT2D eigenvalue weighted by molar-refractivity contribution is 0.0940. The number of sulfonamides is 1. The monoisotopic (exact) mass is 408 g/mol. The van der Waals surface area contributed by atoms with Gasteiger partial charge in [0.25, 0.3) is 15.9 Å². The summed E-state index contributed by atoms with van der Waals surface area (Å²) < 4.78 is 27.3. The van der Waals surface area contributed by atoms with Crippen LogP contribution in [0.25, 0.3) is 0 Å². The zero-order valence-electron chi connectivity index (χ0n) is 16.7. The molecular weight excluding hydrogens is 384 g/mol. The highest BCUT2D eigenvalue weighted by Gasteiger charge is 2.25. The van der Waals surface area contributed by atoms with Crippen molar-refractivity contribution in [2.45, 2.75) is 24.8 Å². The number of amides is 1. The molecule has 1 amide bonds. The second kappa shape index (κ2) is 8.49. The maximum absolute atomic E-state index is 13.1. The van der Waals surface area contributed by atoms with Crippen LogP contribution >= 0.6 is 0 Å². The molecule has 0 aliphatic rings. The van der Waals surface area contributed by atoms with E-state index in [0.29, 0.717) is 11.3 Å². The highest BCUT2D eigenvalue weighted by atomic mass is 32.2. The predicted molar refractivity (Wildman–Crippen MR) is 116 cm³/mol. The molecular formula is C23H24N2O3S. The summed E-state index contributed by atoms with van der Waals surface area (Å²) >= 11 is 0. The maximum Gasteiger partial charge on any atom is 0.264 e. The van der Waals surface area contributed by atoms with Crippen LogP contribution in [0.5, 0.6) is 0 Å². The fourth-order valence-corrected chi connectivity index (χ4v) is 4.25. The molecule has 150 valence electrons. The molecule has 0 saturated heterocycles. The van der Waals surface area contributed by atoms with E-state index in [-0.39, 0.29) is 16.8 Å². The van der Waals surface area contributed by atoms with Crippen molar-refractivity contribution in [3.8, 4) is 0 Å². The van der Waals surface area contributed by atoms with E-state index in [2.05, 4.69) is 5.32 Å². The summed E-state index contributed by atoms with van der Waals surface area (Å²) in [5.74, 6) is -0.331. The van der Waals surface area contributed by atoms with Crippen molar-refractivity contribution in [1.82, 2.24) is 5.32 Å². The van der Waals surface area contributed by atoms with Crippen molar-refractivity contribution >= 4 is 21.6 Å². The van der Waals surface area contributed by atoms with E-state index >= 15 is 0 Å². The van der Waals surface area contributed by atoms with Crippen LogP contribution in [0.4, 0.5) is 5.69 Å². The third-order valence-electron chi connectivity index (χ3n) is 4.81. The zero-order valence-corrected chi connectivity index (χ0v) is 17.5. The molecule has 0 fully saturated rings. The highest BCUT2D eigenvalue weighted by Crippen LogP contribution is 2.26. The number of anilines is 1. The largest absolute Gasteiger partial charge is 0.345 e. The zero-order chi connectivity index (χ0) is 21.0. The van der Waals surface area contributed by atoms with Gasteiger partial charge in [0.15, 0.2) is 0 Å². The number of rotatable bonds is 6. The topological polar surface area (TPSA) is 66.5 Å². The summed E-state index contributed by atoms with van der Waals surface area (Å²) in [6.45, 7) is 3.79. The molecule has 0 radical (unpaired) electrons. The maximum atomic E-state index is 13.1. The average Bonchev–Trinajstić information content (AvgIpc) is 2.74. The molecule has 0 aromatic heterocycles. The van der Waals surface area contributed by atoms with E-state index in [4.69, 9.17) is 0 Å². The summed E-state index contributed by atoms with van der Waals surface area (Å²) in [5, 5.41) is 2.95. The lowest BCUT2D eigenvalue weighted by Gasteiger charge is -2.23. The summed E-state index contributed by atoms with van der Waals surface area (Å²) in [6, 6.07) is 22.7. The first-order valence-corrected chi connectivity index (χ1v) is 10.7. The normalized spacial score (nSPS) is 12.2. The summed E-state index contributed by atoms with van der Waals surface area (Å²) in [6.07, 6.45) is 0. The van der Waals surface area contributed by atoms with Crippen LogP contribution in [0.1, 0.15) is 34.5 Å². The molecule has 0 heterocycles. The molecule has 3 aromatic carbocycles. The van der Waals surface area contributed by atoms with Crippen molar-refractivity contribution in [3.63, 3.8) is 0 Å². The number of hydrogen-bond acceptors (Lipinski definition) is 3. The number of para-hydroxylation sites is 1. The second-order valence-corrected chi connectivity index (χ2v) is 8.88. The van der Waals surface area contributed by atoms with Gasteiger partial charge in [0.1, 0.15) is 0 Å². The van der Waals surface area contributed by atoms with Crippen molar-refractivity contribution in [2.75, 3.05) is 11.4 Å². The van der Waals surface area contributed by atoms with Gasteiger partial charge in [-0.3, -0.25) is 9.10 Å². The SMILES string of the molecule is Cc1ccc(S(=O)(=O)N(C)c2ccccc2C(=O)N[C@H](C)c2ccccc2)cc1. The van der Waals surface area contributed by atoms with Gasteiger partial charge in [-0.2, -0.15) is 0 Å². The van der Waals surface area contributed by atoms with Crippen LogP contribution in [0, 0.1) is 6.92 Å². The lowest BCUT2D eigenvalue weighted by Crippen LogP contribution is -2.31. The van der Waals surface area contributed by atoms with E-state index in [0.717, 1.165) is 15.4 Å². The van der Waals surface area contributed by atoms with Gasteiger partial charge in [0.05, 0.1) is 22.2 Å². The smallest absolute Gasteiger partial charge is 0.264 e. The quantitative estimate of drug-likeness (QED) is 0.661. The summed E-state index contributed by atoms with van der Waals surface area (Å²) in [7, 11) is -2.33. The van der Waals surface area contributed by atoms with Crippen molar-refractivity contribution in [3.05, 3.63) is 95.6 Å². The van der Waals surface area contributed by atoms with Gasteiger partial charge in [-0.1, -0.05) is 60.2 Å². The van der Waals surface area contributed by atoms with Gasteiger partial charge >= 0.3 is 0 Å². The Kier molecular flexibility index (Phi) is 6.03. The van der Waals surface area contributed by atoms with E-state index in [1.807, 2.05) is 44.2 Å². The van der Waals surface area contributed by atoms with Crippen molar-refractivity contribution in [1.29, 1.82) is 0 Å². The Bertz CT molecular complexity index is 1090. The van der Waals surface area contributed by atoms with Crippen LogP contribution in [0.3, 0.4) is 0 Å². The minimum Gasteiger partial charge on any atom is -0.345 e. The van der Waals surface area contributed by atoms with Crippen LogP contribution < -0.4 is 9.62 Å². The third kappa shape index (κ3) is 4.49. The van der Waals surface area contributed by atoms with E-state index in [9.17, 15) is 13.2 Å². The van der Waals surface area contributed by atoms with E-state index in [1.54, 1.807) is 48.5 Å². The first-order chi connectivity index (χ1) is 13.8. The lowest BCUT2D eigenvalue weighted by atomic mass is 10.1. The number of nitrogens with zero attached hydrogens (tertiary/aromatic N) is 1. The van der Waals surface area contributed by atoms with Gasteiger partial charge in [0, 0.05) is 7.05 Å². The van der Waals surface area contributed by atoms with E-state index in [1.165, 1.54) is 7.05 Å². The Labute approximate surface area is 172 Å². The van der Waals surface area contributed by atoms with Crippen LogP contribution in [-0.2, 0) is 10.0 Å². The molecule has 1 atom stereocenters. The summed E-state index contributed by atoms with van der Waals surface area (Å²) in [5.41, 5.74) is 2.57. The predicted octanol–water partition coefficient (Wildman–Crippen LogP) is 4.31. The molecule has 0 saturated carbocycles. The molecule has 0 bridgehead atoms. The fraction of sp³-hybridized carbons (Fsp3) is 0.174. The molecule has 0 aliphatic heterocycles. The number of nitrogens with one attached hydrogen (secondary N) is 1. The number of aryl methyl sites for hydroxylation is 1. The Morgan fingerprint density at radius 3 is 2.14 bits per heavy atom. The van der Waals surface area contributed by atoms with Gasteiger partial charge < -0.3 is 5.32 Å². The van der Waals surface area contributed by atoms with Crippen LogP contribution in [0.15, 0.2) is 83.8 Å². The Hall–Kier alpha value is -3.12. The highest BCUT2D eigenvalue weighted by molar-refractivity contribution is 7.92. The van der Waals surface area contributed by atoms with Crippen LogP contribution in [0.2, 0.25) is 0 Å².